The van der Waals surface area contributed by atoms with E-state index in [1.54, 1.807) is 67.6 Å². The van der Waals surface area contributed by atoms with E-state index in [1.165, 1.54) is 17.0 Å². The van der Waals surface area contributed by atoms with E-state index >= 15 is 0 Å². The fourth-order valence-electron chi connectivity index (χ4n) is 3.84. The largest absolute Gasteiger partial charge is 0.352 e. The van der Waals surface area contributed by atoms with Gasteiger partial charge in [-0.2, -0.15) is 0 Å². The Kier molecular flexibility index (Phi) is 10.4. The number of rotatable bonds is 11. The summed E-state index contributed by atoms with van der Waals surface area (Å²) in [6, 6.07) is 18.8. The van der Waals surface area contributed by atoms with Crippen LogP contribution in [-0.2, 0) is 26.2 Å². The van der Waals surface area contributed by atoms with E-state index < -0.39 is 28.5 Å². The molecule has 2 atom stereocenters. The molecule has 39 heavy (non-hydrogen) atoms. The number of benzene rings is 3. The molecule has 2 amide bonds. The molecule has 208 valence electrons. The quantitative estimate of drug-likeness (QED) is 0.305. The summed E-state index contributed by atoms with van der Waals surface area (Å²) in [6.07, 6.45) is 0.718. The number of aryl methyl sites for hydroxylation is 1. The summed E-state index contributed by atoms with van der Waals surface area (Å²) in [5.74, 6) is -0.891. The predicted molar refractivity (Wildman–Crippen MR) is 157 cm³/mol. The summed E-state index contributed by atoms with van der Waals surface area (Å²) < 4.78 is 28.6. The zero-order valence-corrected chi connectivity index (χ0v) is 24.7. The van der Waals surface area contributed by atoms with E-state index in [0.29, 0.717) is 21.3 Å². The van der Waals surface area contributed by atoms with Gasteiger partial charge in [0.05, 0.1) is 20.6 Å². The number of halogens is 2. The number of nitrogens with one attached hydrogen (secondary N) is 1. The number of sulfonamides is 1. The van der Waals surface area contributed by atoms with E-state index in [-0.39, 0.29) is 23.4 Å². The maximum atomic E-state index is 13.9. The van der Waals surface area contributed by atoms with Crippen molar-refractivity contribution in [3.63, 3.8) is 0 Å². The van der Waals surface area contributed by atoms with Gasteiger partial charge in [0.1, 0.15) is 12.6 Å². The third-order valence-corrected chi connectivity index (χ3v) is 8.96. The summed E-state index contributed by atoms with van der Waals surface area (Å²) in [6.45, 7) is 6.82. The first kappa shape index (κ1) is 30.5. The van der Waals surface area contributed by atoms with E-state index in [1.807, 2.05) is 20.8 Å². The fraction of sp³-hybridized carbons (Fsp3) is 0.310. The Labute approximate surface area is 240 Å². The number of hydrogen-bond donors (Lipinski definition) is 1. The van der Waals surface area contributed by atoms with Gasteiger partial charge in [-0.1, -0.05) is 72.1 Å². The summed E-state index contributed by atoms with van der Waals surface area (Å²) in [5, 5.41) is 3.58. The number of carbonyl (C=O) groups excluding carboxylic acids is 2. The Morgan fingerprint density at radius 3 is 2.15 bits per heavy atom. The first-order chi connectivity index (χ1) is 18.4. The van der Waals surface area contributed by atoms with E-state index in [0.717, 1.165) is 16.3 Å². The van der Waals surface area contributed by atoms with Crippen LogP contribution in [0.3, 0.4) is 0 Å². The highest BCUT2D eigenvalue weighted by molar-refractivity contribution is 7.92. The molecule has 1 N–H and O–H groups in total. The molecule has 0 fully saturated rings. The van der Waals surface area contributed by atoms with Gasteiger partial charge in [-0.3, -0.25) is 13.9 Å². The standard InChI is InChI=1S/C29H33Cl2N3O4S/c1-5-21(3)32-29(36)22(4)33(18-23-13-16-26(30)27(31)17-23)28(35)19-34(24-9-7-6-8-10-24)39(37,38)25-14-11-20(2)12-15-25/h6-17,21-22H,5,18-19H2,1-4H3,(H,32,36)/t21-,22+/m1/s1. The number of para-hydroxylation sites is 1. The Morgan fingerprint density at radius 2 is 1.56 bits per heavy atom. The lowest BCUT2D eigenvalue weighted by Gasteiger charge is -2.32. The molecule has 3 aromatic rings. The van der Waals surface area contributed by atoms with Gasteiger partial charge in [-0.15, -0.1) is 0 Å². The number of anilines is 1. The molecule has 0 aliphatic heterocycles. The van der Waals surface area contributed by atoms with Crippen molar-refractivity contribution in [3.8, 4) is 0 Å². The van der Waals surface area contributed by atoms with E-state index in [9.17, 15) is 18.0 Å². The van der Waals surface area contributed by atoms with Crippen LogP contribution in [0.5, 0.6) is 0 Å². The van der Waals surface area contributed by atoms with Crippen LogP contribution in [-0.4, -0.2) is 43.8 Å². The van der Waals surface area contributed by atoms with Gasteiger partial charge in [-0.25, -0.2) is 8.42 Å². The Morgan fingerprint density at radius 1 is 0.923 bits per heavy atom. The minimum atomic E-state index is -4.11. The summed E-state index contributed by atoms with van der Waals surface area (Å²) in [5.41, 5.74) is 1.89. The highest BCUT2D eigenvalue weighted by Crippen LogP contribution is 2.26. The first-order valence-electron chi connectivity index (χ1n) is 12.6. The van der Waals surface area contributed by atoms with Crippen LogP contribution in [0.15, 0.2) is 77.7 Å². The molecule has 0 aromatic heterocycles. The van der Waals surface area contributed by atoms with Crippen molar-refractivity contribution in [2.75, 3.05) is 10.8 Å². The molecule has 0 saturated carbocycles. The highest BCUT2D eigenvalue weighted by atomic mass is 35.5. The smallest absolute Gasteiger partial charge is 0.264 e. The Bertz CT molecular complexity index is 1400. The molecule has 0 bridgehead atoms. The second kappa shape index (κ2) is 13.3. The molecule has 0 spiro atoms. The van der Waals surface area contributed by atoms with Gasteiger partial charge in [0.15, 0.2) is 0 Å². The van der Waals surface area contributed by atoms with Crippen LogP contribution in [0.1, 0.15) is 38.3 Å². The van der Waals surface area contributed by atoms with Crippen molar-refractivity contribution in [2.45, 2.75) is 57.6 Å². The predicted octanol–water partition coefficient (Wildman–Crippen LogP) is 5.83. The van der Waals surface area contributed by atoms with Crippen molar-refractivity contribution in [1.29, 1.82) is 0 Å². The molecule has 10 heteroatoms. The van der Waals surface area contributed by atoms with Crippen molar-refractivity contribution >= 4 is 50.7 Å². The molecule has 3 rings (SSSR count). The van der Waals surface area contributed by atoms with E-state index in [4.69, 9.17) is 23.2 Å². The first-order valence-corrected chi connectivity index (χ1v) is 14.8. The summed E-state index contributed by atoms with van der Waals surface area (Å²) in [4.78, 5) is 28.4. The number of amides is 2. The number of hydrogen-bond acceptors (Lipinski definition) is 4. The van der Waals surface area contributed by atoms with Gasteiger partial charge in [0.2, 0.25) is 11.8 Å². The molecular formula is C29H33Cl2N3O4S. The molecule has 7 nitrogen and oxygen atoms in total. The van der Waals surface area contributed by atoms with E-state index in [2.05, 4.69) is 5.32 Å². The van der Waals surface area contributed by atoms with Crippen LogP contribution in [0.2, 0.25) is 10.0 Å². The van der Waals surface area contributed by atoms with Crippen molar-refractivity contribution < 1.29 is 18.0 Å². The molecule has 0 aliphatic rings. The summed E-state index contributed by atoms with van der Waals surface area (Å²) >= 11 is 12.3. The maximum Gasteiger partial charge on any atom is 0.264 e. The Balaban J connectivity index is 2.01. The van der Waals surface area contributed by atoms with Gasteiger partial charge in [-0.05, 0) is 69.2 Å². The summed E-state index contributed by atoms with van der Waals surface area (Å²) in [7, 11) is -4.11. The lowest BCUT2D eigenvalue weighted by atomic mass is 10.1. The molecule has 3 aromatic carbocycles. The average molecular weight is 591 g/mol. The van der Waals surface area contributed by atoms with Crippen LogP contribution in [0.25, 0.3) is 0 Å². The molecule has 0 unspecified atom stereocenters. The van der Waals surface area contributed by atoms with Crippen molar-refractivity contribution in [1.82, 2.24) is 10.2 Å². The third-order valence-electron chi connectivity index (χ3n) is 6.44. The van der Waals surface area contributed by atoms with Gasteiger partial charge >= 0.3 is 0 Å². The van der Waals surface area contributed by atoms with Crippen LogP contribution < -0.4 is 9.62 Å². The van der Waals surface area contributed by atoms with Crippen LogP contribution in [0, 0.1) is 6.92 Å². The normalized spacial score (nSPS) is 12.9. The molecular weight excluding hydrogens is 557 g/mol. The Hall–Kier alpha value is -3.07. The molecule has 0 saturated heterocycles. The lowest BCUT2D eigenvalue weighted by molar-refractivity contribution is -0.139. The molecule has 0 aliphatic carbocycles. The second-order valence-corrected chi connectivity index (χ2v) is 12.1. The maximum absolute atomic E-state index is 13.9. The van der Waals surface area contributed by atoms with Gasteiger partial charge < -0.3 is 10.2 Å². The third kappa shape index (κ3) is 7.75. The number of nitrogens with zero attached hydrogens (tertiary/aromatic N) is 2. The monoisotopic (exact) mass is 589 g/mol. The SMILES string of the molecule is CC[C@@H](C)NC(=O)[C@H](C)N(Cc1ccc(Cl)c(Cl)c1)C(=O)CN(c1ccccc1)S(=O)(=O)c1ccc(C)cc1. The van der Waals surface area contributed by atoms with Gasteiger partial charge in [0, 0.05) is 12.6 Å². The highest BCUT2D eigenvalue weighted by Gasteiger charge is 2.32. The molecule has 0 radical (unpaired) electrons. The van der Waals surface area contributed by atoms with Crippen LogP contribution >= 0.6 is 23.2 Å². The zero-order valence-electron chi connectivity index (χ0n) is 22.4. The second-order valence-electron chi connectivity index (χ2n) is 9.42. The minimum Gasteiger partial charge on any atom is -0.352 e. The minimum absolute atomic E-state index is 0.0258. The van der Waals surface area contributed by atoms with Crippen molar-refractivity contribution in [3.05, 3.63) is 94.0 Å². The fourth-order valence-corrected chi connectivity index (χ4v) is 5.58. The molecule has 0 heterocycles. The van der Waals surface area contributed by atoms with Gasteiger partial charge in [0.25, 0.3) is 10.0 Å². The zero-order chi connectivity index (χ0) is 28.7. The number of carbonyl (C=O) groups is 2. The van der Waals surface area contributed by atoms with Crippen LogP contribution in [0.4, 0.5) is 5.69 Å². The topological polar surface area (TPSA) is 86.8 Å². The lowest BCUT2D eigenvalue weighted by Crippen LogP contribution is -2.52. The average Bonchev–Trinajstić information content (AvgIpc) is 2.92. The van der Waals surface area contributed by atoms with Crippen molar-refractivity contribution in [2.24, 2.45) is 0 Å².